The van der Waals surface area contributed by atoms with Gasteiger partial charge in [-0.15, -0.1) is 12.4 Å². The number of nitrogens with one attached hydrogen (secondary N) is 1. The van der Waals surface area contributed by atoms with E-state index in [-0.39, 0.29) is 36.0 Å². The van der Waals surface area contributed by atoms with E-state index in [4.69, 9.17) is 4.74 Å². The minimum Gasteiger partial charge on any atom is -0.489 e. The minimum atomic E-state index is -1.26. The van der Waals surface area contributed by atoms with Gasteiger partial charge in [0.2, 0.25) is 0 Å². The van der Waals surface area contributed by atoms with Gasteiger partial charge in [0.05, 0.1) is 5.56 Å². The van der Waals surface area contributed by atoms with Crippen LogP contribution in [0.3, 0.4) is 0 Å². The lowest BCUT2D eigenvalue weighted by Crippen LogP contribution is -2.37. The van der Waals surface area contributed by atoms with Crippen LogP contribution >= 0.6 is 12.4 Å². The van der Waals surface area contributed by atoms with Gasteiger partial charge in [-0.25, -0.2) is 9.18 Å². The number of para-hydroxylation sites is 1. The van der Waals surface area contributed by atoms with Crippen molar-refractivity contribution in [2.24, 2.45) is 0 Å². The van der Waals surface area contributed by atoms with Gasteiger partial charge in [-0.1, -0.05) is 66.7 Å². The maximum atomic E-state index is 14.0. The SMILES string of the molecule is C[C@@H](NC[C@H]1C[C@H](c2ccc(F)c(C(=O)O)c2)c2ccccc2O1)c1cccc2ccccc12.Cl. The van der Waals surface area contributed by atoms with Crippen molar-refractivity contribution in [3.63, 3.8) is 0 Å². The van der Waals surface area contributed by atoms with Gasteiger partial charge in [0.25, 0.3) is 0 Å². The van der Waals surface area contributed by atoms with E-state index in [0.717, 1.165) is 16.9 Å². The second-order valence-electron chi connectivity index (χ2n) is 8.81. The zero-order valence-electron chi connectivity index (χ0n) is 19.3. The molecule has 1 heterocycles. The summed E-state index contributed by atoms with van der Waals surface area (Å²) in [6.45, 7) is 2.78. The van der Waals surface area contributed by atoms with Gasteiger partial charge in [0.1, 0.15) is 17.7 Å². The summed E-state index contributed by atoms with van der Waals surface area (Å²) in [5.74, 6) is -1.28. The summed E-state index contributed by atoms with van der Waals surface area (Å²) in [5.41, 5.74) is 2.70. The van der Waals surface area contributed by atoms with Crippen LogP contribution in [0.1, 0.15) is 52.4 Å². The average Bonchev–Trinajstić information content (AvgIpc) is 2.86. The van der Waals surface area contributed by atoms with Crippen LogP contribution in [0.4, 0.5) is 4.39 Å². The van der Waals surface area contributed by atoms with Crippen LogP contribution < -0.4 is 10.1 Å². The minimum absolute atomic E-state index is 0. The van der Waals surface area contributed by atoms with E-state index in [1.54, 1.807) is 6.07 Å². The molecule has 4 aromatic rings. The van der Waals surface area contributed by atoms with E-state index in [1.807, 2.05) is 30.3 Å². The standard InChI is InChI=1S/C29H26FNO3.ClH/c1-18(22-11-6-8-19-7-2-3-9-23(19)22)31-17-21-16-25(24-10-4-5-12-28(24)34-21)20-13-14-27(30)26(15-20)29(32)33;/h2-15,18,21,25,31H,16-17H2,1H3,(H,32,33);1H/t18-,21-,25-;/m1./s1. The molecule has 3 atom stereocenters. The molecule has 4 aromatic carbocycles. The molecule has 180 valence electrons. The molecular formula is C29H27ClFNO3. The lowest BCUT2D eigenvalue weighted by molar-refractivity contribution is 0.0691. The fraction of sp³-hybridized carbons (Fsp3) is 0.207. The first-order chi connectivity index (χ1) is 16.5. The largest absolute Gasteiger partial charge is 0.489 e. The van der Waals surface area contributed by atoms with Crippen LogP contribution in [0.5, 0.6) is 5.75 Å². The number of rotatable bonds is 6. The molecule has 1 aliphatic heterocycles. The van der Waals surface area contributed by atoms with Crippen LogP contribution in [-0.2, 0) is 0 Å². The molecule has 0 spiro atoms. The van der Waals surface area contributed by atoms with Gasteiger partial charge in [0, 0.05) is 24.1 Å². The maximum Gasteiger partial charge on any atom is 0.338 e. The quantitative estimate of drug-likeness (QED) is 0.314. The Balaban J connectivity index is 0.00000289. The summed E-state index contributed by atoms with van der Waals surface area (Å²) in [4.78, 5) is 11.5. The third-order valence-corrected chi connectivity index (χ3v) is 6.65. The molecule has 0 amide bonds. The van der Waals surface area contributed by atoms with Crippen LogP contribution in [0.2, 0.25) is 0 Å². The highest BCUT2D eigenvalue weighted by Gasteiger charge is 2.30. The van der Waals surface area contributed by atoms with Gasteiger partial charge in [-0.3, -0.25) is 0 Å². The van der Waals surface area contributed by atoms with Crippen molar-refractivity contribution in [2.75, 3.05) is 6.54 Å². The molecule has 0 aromatic heterocycles. The third-order valence-electron chi connectivity index (χ3n) is 6.65. The number of carboxylic acids is 1. The van der Waals surface area contributed by atoms with Crippen molar-refractivity contribution in [1.82, 2.24) is 5.32 Å². The number of hydrogen-bond acceptors (Lipinski definition) is 3. The Morgan fingerprint density at radius 3 is 2.63 bits per heavy atom. The molecule has 4 nitrogen and oxygen atoms in total. The molecule has 0 unspecified atom stereocenters. The van der Waals surface area contributed by atoms with Gasteiger partial charge in [0.15, 0.2) is 0 Å². The number of halogens is 2. The first-order valence-electron chi connectivity index (χ1n) is 11.5. The Morgan fingerprint density at radius 1 is 1.06 bits per heavy atom. The summed E-state index contributed by atoms with van der Waals surface area (Å²) in [6.07, 6.45) is 0.549. The van der Waals surface area contributed by atoms with E-state index in [1.165, 1.54) is 28.5 Å². The van der Waals surface area contributed by atoms with Gasteiger partial charge in [-0.2, -0.15) is 0 Å². The Kier molecular flexibility index (Phi) is 7.39. The van der Waals surface area contributed by atoms with Gasteiger partial charge in [-0.05, 0) is 53.4 Å². The Bertz CT molecular complexity index is 1350. The molecule has 0 fully saturated rings. The van der Waals surface area contributed by atoms with E-state index < -0.39 is 11.8 Å². The van der Waals surface area contributed by atoms with Crippen LogP contribution in [0.15, 0.2) is 84.9 Å². The number of carboxylic acid groups (broad SMARTS) is 1. The Labute approximate surface area is 210 Å². The molecular weight excluding hydrogens is 465 g/mol. The van der Waals surface area contributed by atoms with Crippen LogP contribution in [0, 0.1) is 5.82 Å². The third kappa shape index (κ3) is 5.02. The molecule has 2 N–H and O–H groups in total. The highest BCUT2D eigenvalue weighted by molar-refractivity contribution is 5.88. The predicted octanol–water partition coefficient (Wildman–Crippen LogP) is 6.73. The summed E-state index contributed by atoms with van der Waals surface area (Å²) in [7, 11) is 0. The Hall–Kier alpha value is -3.41. The summed E-state index contributed by atoms with van der Waals surface area (Å²) in [5, 5.41) is 15.5. The monoisotopic (exact) mass is 491 g/mol. The molecule has 6 heteroatoms. The maximum absolute atomic E-state index is 14.0. The second kappa shape index (κ2) is 10.5. The average molecular weight is 492 g/mol. The fourth-order valence-electron chi connectivity index (χ4n) is 4.90. The molecule has 5 rings (SSSR count). The zero-order valence-corrected chi connectivity index (χ0v) is 20.1. The summed E-state index contributed by atoms with van der Waals surface area (Å²) in [6, 6.07) is 27.0. The van der Waals surface area contributed by atoms with Crippen LogP contribution in [0.25, 0.3) is 10.8 Å². The number of hydrogen-bond donors (Lipinski definition) is 2. The topological polar surface area (TPSA) is 58.6 Å². The number of fused-ring (bicyclic) bond motifs is 2. The van der Waals surface area contributed by atoms with E-state index in [2.05, 4.69) is 48.6 Å². The van der Waals surface area contributed by atoms with Crippen molar-refractivity contribution in [2.45, 2.75) is 31.4 Å². The zero-order chi connectivity index (χ0) is 23.7. The molecule has 0 saturated heterocycles. The Morgan fingerprint density at radius 2 is 1.80 bits per heavy atom. The van der Waals surface area contributed by atoms with Crippen molar-refractivity contribution < 1.29 is 19.0 Å². The predicted molar refractivity (Wildman–Crippen MR) is 138 cm³/mol. The molecule has 35 heavy (non-hydrogen) atoms. The molecule has 0 aliphatic carbocycles. The van der Waals surface area contributed by atoms with Crippen molar-refractivity contribution in [3.8, 4) is 5.75 Å². The van der Waals surface area contributed by atoms with E-state index in [0.29, 0.717) is 13.0 Å². The number of carbonyl (C=O) groups is 1. The lowest BCUT2D eigenvalue weighted by atomic mass is 9.83. The number of aromatic carboxylic acids is 1. The normalized spacial score (nSPS) is 17.7. The molecule has 0 radical (unpaired) electrons. The van der Waals surface area contributed by atoms with Crippen molar-refractivity contribution in [3.05, 3.63) is 113 Å². The summed E-state index contributed by atoms with van der Waals surface area (Å²) < 4.78 is 20.3. The highest BCUT2D eigenvalue weighted by atomic mass is 35.5. The molecule has 1 aliphatic rings. The highest BCUT2D eigenvalue weighted by Crippen LogP contribution is 2.40. The first-order valence-corrected chi connectivity index (χ1v) is 11.5. The first kappa shape index (κ1) is 24.7. The van der Waals surface area contributed by atoms with Gasteiger partial charge < -0.3 is 15.2 Å². The lowest BCUT2D eigenvalue weighted by Gasteiger charge is -2.33. The van der Waals surface area contributed by atoms with Gasteiger partial charge >= 0.3 is 5.97 Å². The van der Waals surface area contributed by atoms with Crippen molar-refractivity contribution in [1.29, 1.82) is 0 Å². The number of benzene rings is 4. The smallest absolute Gasteiger partial charge is 0.338 e. The van der Waals surface area contributed by atoms with E-state index in [9.17, 15) is 14.3 Å². The fourth-order valence-corrected chi connectivity index (χ4v) is 4.90. The van der Waals surface area contributed by atoms with Crippen LogP contribution in [-0.4, -0.2) is 23.7 Å². The van der Waals surface area contributed by atoms with Crippen molar-refractivity contribution >= 4 is 29.1 Å². The molecule has 0 bridgehead atoms. The summed E-state index contributed by atoms with van der Waals surface area (Å²) >= 11 is 0. The van der Waals surface area contributed by atoms with E-state index >= 15 is 0 Å². The number of ether oxygens (including phenoxy) is 1. The second-order valence-corrected chi connectivity index (χ2v) is 8.81. The molecule has 0 saturated carbocycles.